The number of aromatic nitrogens is 3. The minimum Gasteiger partial charge on any atom is -0.457 e. The van der Waals surface area contributed by atoms with Gasteiger partial charge in [-0.15, -0.1) is 5.10 Å². The highest BCUT2D eigenvalue weighted by atomic mass is 16.5. The number of hydrogen-bond acceptors (Lipinski definition) is 4. The molecule has 5 heteroatoms. The fraction of sp³-hybridized carbons (Fsp3) is 0.312. The first kappa shape index (κ1) is 15.0. The summed E-state index contributed by atoms with van der Waals surface area (Å²) in [6.07, 6.45) is 3.43. The molecule has 0 saturated heterocycles. The van der Waals surface area contributed by atoms with E-state index in [4.69, 9.17) is 4.74 Å². The predicted octanol–water partition coefficient (Wildman–Crippen LogP) is 2.56. The van der Waals surface area contributed by atoms with E-state index in [0.717, 1.165) is 25.1 Å². The lowest BCUT2D eigenvalue weighted by atomic mass is 10.1. The number of esters is 1. The number of rotatable bonds is 7. The van der Waals surface area contributed by atoms with E-state index in [1.807, 2.05) is 25.1 Å². The van der Waals surface area contributed by atoms with Crippen LogP contribution in [0.2, 0.25) is 0 Å². The summed E-state index contributed by atoms with van der Waals surface area (Å²) in [5, 5.41) is 7.91. The lowest BCUT2D eigenvalue weighted by molar-refractivity contribution is 0.0542. The van der Waals surface area contributed by atoms with E-state index in [2.05, 4.69) is 29.0 Å². The van der Waals surface area contributed by atoms with Crippen LogP contribution in [0.1, 0.15) is 28.2 Å². The largest absolute Gasteiger partial charge is 0.457 e. The topological polar surface area (TPSA) is 57.0 Å². The number of nitrogens with zero attached hydrogens (tertiary/aromatic N) is 3. The molecular weight excluding hydrogens is 266 g/mol. The van der Waals surface area contributed by atoms with Gasteiger partial charge in [0.2, 0.25) is 0 Å². The molecule has 0 aliphatic heterocycles. The van der Waals surface area contributed by atoms with Crippen molar-refractivity contribution in [2.75, 3.05) is 6.61 Å². The second kappa shape index (κ2) is 7.38. The predicted molar refractivity (Wildman–Crippen MR) is 80.0 cm³/mol. The van der Waals surface area contributed by atoms with Gasteiger partial charge in [-0.2, -0.15) is 0 Å². The van der Waals surface area contributed by atoms with Crippen LogP contribution in [-0.4, -0.2) is 27.6 Å². The van der Waals surface area contributed by atoms with E-state index in [1.165, 1.54) is 11.6 Å². The van der Waals surface area contributed by atoms with Crippen molar-refractivity contribution in [3.05, 3.63) is 59.9 Å². The van der Waals surface area contributed by atoms with Crippen molar-refractivity contribution in [2.45, 2.75) is 26.3 Å². The van der Waals surface area contributed by atoms with E-state index < -0.39 is 5.97 Å². The minimum absolute atomic E-state index is 0.180. The molecule has 5 nitrogen and oxygen atoms in total. The molecule has 0 amide bonds. The molecule has 2 rings (SSSR count). The average Bonchev–Trinajstić information content (AvgIpc) is 2.87. The van der Waals surface area contributed by atoms with Crippen molar-refractivity contribution in [2.24, 2.45) is 0 Å². The van der Waals surface area contributed by atoms with Crippen molar-refractivity contribution in [3.63, 3.8) is 0 Å². The Balaban J connectivity index is 1.91. The van der Waals surface area contributed by atoms with Crippen LogP contribution < -0.4 is 0 Å². The van der Waals surface area contributed by atoms with E-state index in [9.17, 15) is 4.79 Å². The molecular formula is C16H19N3O2. The third-order valence-electron chi connectivity index (χ3n) is 3.19. The molecule has 0 fully saturated rings. The highest BCUT2D eigenvalue weighted by Crippen LogP contribution is 2.08. The first-order chi connectivity index (χ1) is 10.2. The third-order valence-corrected chi connectivity index (χ3v) is 3.19. The maximum Gasteiger partial charge on any atom is 0.361 e. The fourth-order valence-electron chi connectivity index (χ4n) is 2.04. The summed E-state index contributed by atoms with van der Waals surface area (Å²) in [6, 6.07) is 10.3. The Morgan fingerprint density at radius 2 is 2.14 bits per heavy atom. The molecule has 110 valence electrons. The molecule has 0 atom stereocenters. The molecule has 2 aromatic rings. The van der Waals surface area contributed by atoms with Gasteiger partial charge >= 0.3 is 5.97 Å². The van der Waals surface area contributed by atoms with Gasteiger partial charge in [0.25, 0.3) is 0 Å². The summed E-state index contributed by atoms with van der Waals surface area (Å²) < 4.78 is 6.72. The Kier molecular flexibility index (Phi) is 5.26. The van der Waals surface area contributed by atoms with Crippen molar-refractivity contribution >= 4 is 5.97 Å². The Labute approximate surface area is 124 Å². The third kappa shape index (κ3) is 4.02. The van der Waals surface area contributed by atoms with Gasteiger partial charge in [0.15, 0.2) is 5.69 Å². The zero-order chi connectivity index (χ0) is 15.1. The van der Waals surface area contributed by atoms with Crippen LogP contribution in [0.15, 0.2) is 43.0 Å². The summed E-state index contributed by atoms with van der Waals surface area (Å²) in [4.78, 5) is 11.7. The molecule has 21 heavy (non-hydrogen) atoms. The van der Waals surface area contributed by atoms with Gasteiger partial charge in [0.05, 0.1) is 5.69 Å². The molecule has 0 saturated carbocycles. The number of aryl methyl sites for hydroxylation is 2. The van der Waals surface area contributed by atoms with Crippen LogP contribution in [-0.2, 0) is 17.7 Å². The van der Waals surface area contributed by atoms with Crippen molar-refractivity contribution < 1.29 is 9.53 Å². The smallest absolute Gasteiger partial charge is 0.361 e. The standard InChI is InChI=1S/C16H19N3O2/c1-3-12-21-16(20)15-13(2)19(18-17-15)11-7-10-14-8-5-4-6-9-14/h3-6,8-9H,1,7,10-12H2,2H3. The summed E-state index contributed by atoms with van der Waals surface area (Å²) in [6.45, 7) is 6.24. The van der Waals surface area contributed by atoms with Gasteiger partial charge in [-0.05, 0) is 25.3 Å². The molecule has 0 aliphatic carbocycles. The Bertz CT molecular complexity index is 605. The highest BCUT2D eigenvalue weighted by molar-refractivity contribution is 5.88. The second-order valence-corrected chi connectivity index (χ2v) is 4.72. The van der Waals surface area contributed by atoms with Crippen LogP contribution >= 0.6 is 0 Å². The lowest BCUT2D eigenvalue weighted by Crippen LogP contribution is -2.09. The van der Waals surface area contributed by atoms with Gasteiger partial charge < -0.3 is 4.74 Å². The molecule has 0 aliphatic rings. The molecule has 1 aromatic carbocycles. The maximum atomic E-state index is 11.7. The number of carbonyl (C=O) groups excluding carboxylic acids is 1. The van der Waals surface area contributed by atoms with Crippen molar-refractivity contribution in [3.8, 4) is 0 Å². The number of carbonyl (C=O) groups is 1. The van der Waals surface area contributed by atoms with E-state index in [0.29, 0.717) is 0 Å². The van der Waals surface area contributed by atoms with E-state index in [1.54, 1.807) is 4.68 Å². The normalized spacial score (nSPS) is 10.3. The van der Waals surface area contributed by atoms with Gasteiger partial charge in [-0.3, -0.25) is 0 Å². The quantitative estimate of drug-likeness (QED) is 0.579. The van der Waals surface area contributed by atoms with Crippen LogP contribution in [0, 0.1) is 6.92 Å². The summed E-state index contributed by atoms with van der Waals surface area (Å²) in [7, 11) is 0. The monoisotopic (exact) mass is 285 g/mol. The van der Waals surface area contributed by atoms with Crippen molar-refractivity contribution in [1.29, 1.82) is 0 Å². The Morgan fingerprint density at radius 3 is 2.86 bits per heavy atom. The Hall–Kier alpha value is -2.43. The van der Waals surface area contributed by atoms with Gasteiger partial charge in [0.1, 0.15) is 6.61 Å². The average molecular weight is 285 g/mol. The van der Waals surface area contributed by atoms with Gasteiger partial charge in [-0.1, -0.05) is 48.2 Å². The molecule has 0 radical (unpaired) electrons. The van der Waals surface area contributed by atoms with Crippen LogP contribution in [0.4, 0.5) is 0 Å². The van der Waals surface area contributed by atoms with E-state index >= 15 is 0 Å². The number of hydrogen-bond donors (Lipinski definition) is 0. The second-order valence-electron chi connectivity index (χ2n) is 4.72. The van der Waals surface area contributed by atoms with Crippen molar-refractivity contribution in [1.82, 2.24) is 15.0 Å². The highest BCUT2D eigenvalue weighted by Gasteiger charge is 2.17. The fourth-order valence-corrected chi connectivity index (χ4v) is 2.04. The lowest BCUT2D eigenvalue weighted by Gasteiger charge is -2.04. The van der Waals surface area contributed by atoms with Crippen LogP contribution in [0.5, 0.6) is 0 Å². The number of benzene rings is 1. The molecule has 0 bridgehead atoms. The summed E-state index contributed by atoms with van der Waals surface area (Å²) in [5.74, 6) is -0.457. The first-order valence-electron chi connectivity index (χ1n) is 6.94. The van der Waals surface area contributed by atoms with E-state index in [-0.39, 0.29) is 12.3 Å². The van der Waals surface area contributed by atoms with Crippen LogP contribution in [0.25, 0.3) is 0 Å². The first-order valence-corrected chi connectivity index (χ1v) is 6.94. The molecule has 0 unspecified atom stereocenters. The molecule has 0 N–H and O–H groups in total. The zero-order valence-electron chi connectivity index (χ0n) is 12.2. The maximum absolute atomic E-state index is 11.7. The van der Waals surface area contributed by atoms with Crippen LogP contribution in [0.3, 0.4) is 0 Å². The minimum atomic E-state index is -0.457. The summed E-state index contributed by atoms with van der Waals surface area (Å²) >= 11 is 0. The molecule has 1 aromatic heterocycles. The number of ether oxygens (including phenoxy) is 1. The molecule has 0 spiro atoms. The SMILES string of the molecule is C=CCOC(=O)c1nnn(CCCc2ccccc2)c1C. The molecule has 1 heterocycles. The van der Waals surface area contributed by atoms with Gasteiger partial charge in [-0.25, -0.2) is 9.48 Å². The zero-order valence-corrected chi connectivity index (χ0v) is 12.2. The summed E-state index contributed by atoms with van der Waals surface area (Å²) in [5.41, 5.74) is 2.30. The Morgan fingerprint density at radius 1 is 1.38 bits per heavy atom. The van der Waals surface area contributed by atoms with Gasteiger partial charge in [0, 0.05) is 6.54 Å².